The maximum absolute atomic E-state index is 13.8. The Kier molecular flexibility index (Phi) is 24.3. The number of allylic oxidation sites excluding steroid dienone is 2. The lowest BCUT2D eigenvalue weighted by molar-refractivity contribution is -0.347. The lowest BCUT2D eigenvalue weighted by Gasteiger charge is -2.51. The van der Waals surface area contributed by atoms with E-state index in [1.54, 1.807) is 12.1 Å². The monoisotopic (exact) mass is 1060 g/mol. The van der Waals surface area contributed by atoms with E-state index in [2.05, 4.69) is 40.3 Å². The molecular weight excluding hydrogens is 981 g/mol. The molecule has 4 amide bonds. The van der Waals surface area contributed by atoms with Gasteiger partial charge in [0.05, 0.1) is 57.4 Å². The average molecular weight is 1060 g/mol. The van der Waals surface area contributed by atoms with Crippen LogP contribution in [0.1, 0.15) is 89.4 Å². The first kappa shape index (κ1) is 60.9. The summed E-state index contributed by atoms with van der Waals surface area (Å²) in [5, 5.41) is 120. The fraction of sp³-hybridized carbons (Fsp3) is 0.755. The normalized spacial score (nSPS) is 36.5. The summed E-state index contributed by atoms with van der Waals surface area (Å²) in [6.07, 6.45) is -13.3. The molecule has 20 atom stereocenters. The molecule has 5 rings (SSSR count). The number of hydrogen-bond donors (Lipinski definition) is 14. The second-order valence-electron chi connectivity index (χ2n) is 19.2. The molecule has 0 bridgehead atoms. The van der Waals surface area contributed by atoms with Crippen LogP contribution in [0.5, 0.6) is 5.75 Å². The van der Waals surface area contributed by atoms with Crippen molar-refractivity contribution in [3.05, 3.63) is 42.0 Å². The molecule has 1 aromatic rings. The van der Waals surface area contributed by atoms with E-state index in [1.807, 2.05) is 0 Å². The maximum atomic E-state index is 13.8. The van der Waals surface area contributed by atoms with Crippen molar-refractivity contribution in [3.63, 3.8) is 0 Å². The zero-order chi connectivity index (χ0) is 54.2. The van der Waals surface area contributed by atoms with E-state index in [0.717, 1.165) is 46.5 Å². The topological polar surface area (TPSA) is 383 Å². The van der Waals surface area contributed by atoms with E-state index >= 15 is 0 Å². The van der Waals surface area contributed by atoms with Gasteiger partial charge in [-0.05, 0) is 50.3 Å². The number of aliphatic hydroxyl groups is 10. The lowest BCUT2D eigenvalue weighted by atomic mass is 9.80. The molecule has 4 aliphatic rings. The van der Waals surface area contributed by atoms with Gasteiger partial charge in [-0.3, -0.25) is 19.2 Å². The third kappa shape index (κ3) is 16.0. The summed E-state index contributed by atoms with van der Waals surface area (Å²) in [4.78, 5) is 51.0. The van der Waals surface area contributed by atoms with Crippen molar-refractivity contribution in [2.45, 2.75) is 195 Å². The second kappa shape index (κ2) is 29.5. The number of nitrogens with one attached hydrogen (secondary N) is 4. The second-order valence-corrected chi connectivity index (χ2v) is 19.2. The quantitative estimate of drug-likeness (QED) is 0.0333. The number of rotatable bonds is 25. The van der Waals surface area contributed by atoms with E-state index in [0.29, 0.717) is 12.4 Å². The van der Waals surface area contributed by atoms with E-state index in [4.69, 9.17) is 33.2 Å². The van der Waals surface area contributed by atoms with Gasteiger partial charge in [0.15, 0.2) is 18.9 Å². The van der Waals surface area contributed by atoms with Crippen LogP contribution in [0.3, 0.4) is 0 Å². The van der Waals surface area contributed by atoms with Crippen LogP contribution in [0.15, 0.2) is 36.4 Å². The highest BCUT2D eigenvalue weighted by atomic mass is 16.7. The molecule has 0 aromatic heterocycles. The van der Waals surface area contributed by atoms with Crippen molar-refractivity contribution in [1.29, 1.82) is 0 Å². The molecule has 20 unspecified atom stereocenters. The first-order valence-electron chi connectivity index (χ1n) is 25.3. The van der Waals surface area contributed by atoms with Gasteiger partial charge in [0.25, 0.3) is 5.91 Å². The molecule has 0 radical (unpaired) electrons. The molecule has 0 aliphatic carbocycles. The first-order valence-corrected chi connectivity index (χ1v) is 25.3. The number of carbonyl (C=O) groups excluding carboxylic acids is 4. The van der Waals surface area contributed by atoms with Crippen LogP contribution >= 0.6 is 0 Å². The zero-order valence-corrected chi connectivity index (χ0v) is 42.2. The number of amides is 4. The van der Waals surface area contributed by atoms with E-state index < -0.39 is 172 Å². The molecule has 0 spiro atoms. The van der Waals surface area contributed by atoms with Crippen LogP contribution in [0.2, 0.25) is 0 Å². The van der Waals surface area contributed by atoms with Crippen molar-refractivity contribution in [2.24, 2.45) is 5.92 Å². The third-order valence-electron chi connectivity index (χ3n) is 13.6. The van der Waals surface area contributed by atoms with Crippen LogP contribution in [-0.4, -0.2) is 224 Å². The van der Waals surface area contributed by atoms with Gasteiger partial charge in [-0.15, -0.1) is 0 Å². The smallest absolute Gasteiger partial charge is 0.251 e. The van der Waals surface area contributed by atoms with Gasteiger partial charge in [0.1, 0.15) is 78.8 Å². The molecule has 0 saturated carbocycles. The SMILES string of the molecule is CCCCCCC=CCCCOc1cccc(C(=O)NC2C(OC3C(CO)OC(OC4C(CO)OC(CC5C(CO)OC(O)C(NC(C)=O)C5O)C(NC(C)=O)C4O)C(NC(C)=O)C3O)OC(CO)C(O)C2O)c1. The number of hydrogen-bond acceptors (Lipinski definition) is 21. The first-order chi connectivity index (χ1) is 35.4. The summed E-state index contributed by atoms with van der Waals surface area (Å²) in [6.45, 7) is 2.59. The number of carbonyl (C=O) groups is 4. The molecule has 25 nitrogen and oxygen atoms in total. The standard InChI is InChI=1S/C49H78N4O21/c1-5-6-7-8-9-10-11-12-13-17-68-28-16-14-15-27(18-28)46(66)53-37-41(63)40(62)32(21-55)71-48(37)74-45-34(23-57)72-49(38(43(45)65)52-26(4)60)73-44-33(22-56)69-30(35(42(44)64)50-24(2)58)19-29-31(20-54)70-47(67)36(39(29)61)51-25(3)59/h10-11,14-16,18,29-45,47-49,54-57,61-65,67H,5-9,12-13,17,19-23H2,1-4H3,(H,50,58)(H,51,59)(H,52,60)(H,53,66). The number of benzene rings is 1. The van der Waals surface area contributed by atoms with Crippen LogP contribution in [0.4, 0.5) is 0 Å². The minimum Gasteiger partial charge on any atom is -0.494 e. The molecule has 4 aliphatic heterocycles. The van der Waals surface area contributed by atoms with Gasteiger partial charge in [0.2, 0.25) is 17.7 Å². The van der Waals surface area contributed by atoms with Crippen molar-refractivity contribution in [3.8, 4) is 5.75 Å². The van der Waals surface area contributed by atoms with Crippen molar-refractivity contribution < 1.29 is 103 Å². The van der Waals surface area contributed by atoms with Crippen LogP contribution < -0.4 is 26.0 Å². The summed E-state index contributed by atoms with van der Waals surface area (Å²) >= 11 is 0. The van der Waals surface area contributed by atoms with Gasteiger partial charge in [-0.2, -0.15) is 0 Å². The Bertz CT molecular complexity index is 1950. The highest BCUT2D eigenvalue weighted by molar-refractivity contribution is 5.94. The summed E-state index contributed by atoms with van der Waals surface area (Å²) in [6, 6.07) is 0.225. The summed E-state index contributed by atoms with van der Waals surface area (Å²) in [5.74, 6) is -3.51. The van der Waals surface area contributed by atoms with E-state index in [-0.39, 0.29) is 12.0 Å². The van der Waals surface area contributed by atoms with Crippen LogP contribution in [0, 0.1) is 5.92 Å². The minimum absolute atomic E-state index is 0.0895. The van der Waals surface area contributed by atoms with Crippen LogP contribution in [-0.2, 0) is 42.8 Å². The third-order valence-corrected chi connectivity index (χ3v) is 13.6. The largest absolute Gasteiger partial charge is 0.494 e. The molecule has 4 fully saturated rings. The van der Waals surface area contributed by atoms with Crippen molar-refractivity contribution in [2.75, 3.05) is 33.0 Å². The molecule has 74 heavy (non-hydrogen) atoms. The Balaban J connectivity index is 1.32. The Labute approximate surface area is 429 Å². The number of unbranched alkanes of at least 4 members (excludes halogenated alkanes) is 5. The maximum Gasteiger partial charge on any atom is 0.251 e. The highest BCUT2D eigenvalue weighted by Gasteiger charge is 2.56. The average Bonchev–Trinajstić information content (AvgIpc) is 3.36. The molecule has 25 heteroatoms. The molecule has 4 heterocycles. The molecule has 4 saturated heterocycles. The summed E-state index contributed by atoms with van der Waals surface area (Å²) in [7, 11) is 0. The summed E-state index contributed by atoms with van der Waals surface area (Å²) in [5.41, 5.74) is 0.0895. The Morgan fingerprint density at radius 2 is 1.11 bits per heavy atom. The van der Waals surface area contributed by atoms with Crippen molar-refractivity contribution >= 4 is 23.6 Å². The molecule has 14 N–H and O–H groups in total. The van der Waals surface area contributed by atoms with E-state index in [9.17, 15) is 70.2 Å². The van der Waals surface area contributed by atoms with Crippen molar-refractivity contribution in [1.82, 2.24) is 21.3 Å². The van der Waals surface area contributed by atoms with Gasteiger partial charge in [-0.1, -0.05) is 44.4 Å². The Morgan fingerprint density at radius 3 is 1.70 bits per heavy atom. The summed E-state index contributed by atoms with van der Waals surface area (Å²) < 4.78 is 41.9. The molecule has 1 aromatic carbocycles. The zero-order valence-electron chi connectivity index (χ0n) is 42.2. The Hall–Kier alpha value is -4.00. The number of ether oxygens (including phenoxy) is 7. The predicted octanol–water partition coefficient (Wildman–Crippen LogP) is -3.53. The molecular formula is C49H78N4O21. The number of aliphatic hydroxyl groups excluding tert-OH is 10. The fourth-order valence-corrected chi connectivity index (χ4v) is 9.79. The fourth-order valence-electron chi connectivity index (χ4n) is 9.79. The highest BCUT2D eigenvalue weighted by Crippen LogP contribution is 2.37. The van der Waals surface area contributed by atoms with Gasteiger partial charge < -0.3 is 105 Å². The lowest BCUT2D eigenvalue weighted by Crippen LogP contribution is -2.71. The Morgan fingerprint density at radius 1 is 0.568 bits per heavy atom. The molecule has 420 valence electrons. The van der Waals surface area contributed by atoms with Gasteiger partial charge >= 0.3 is 0 Å². The van der Waals surface area contributed by atoms with Gasteiger partial charge in [0, 0.05) is 32.3 Å². The minimum atomic E-state index is -1.91. The predicted molar refractivity (Wildman–Crippen MR) is 256 cm³/mol. The van der Waals surface area contributed by atoms with Gasteiger partial charge in [-0.25, -0.2) is 0 Å². The van der Waals surface area contributed by atoms with E-state index in [1.165, 1.54) is 31.4 Å². The van der Waals surface area contributed by atoms with Crippen LogP contribution in [0.25, 0.3) is 0 Å².